The predicted molar refractivity (Wildman–Crippen MR) is 50.3 cm³/mol. The van der Waals surface area contributed by atoms with Crippen molar-refractivity contribution < 1.29 is 9.90 Å². The summed E-state index contributed by atoms with van der Waals surface area (Å²) < 4.78 is 0. The molecule has 1 rings (SSSR count). The summed E-state index contributed by atoms with van der Waals surface area (Å²) in [5.74, 6) is 0.0144. The van der Waals surface area contributed by atoms with Crippen LogP contribution in [-0.2, 0) is 4.79 Å². The van der Waals surface area contributed by atoms with Gasteiger partial charge in [-0.25, -0.2) is 0 Å². The molecule has 1 amide bonds. The van der Waals surface area contributed by atoms with Gasteiger partial charge in [0.25, 0.3) is 0 Å². The van der Waals surface area contributed by atoms with Crippen molar-refractivity contribution in [3.63, 3.8) is 0 Å². The Morgan fingerprint density at radius 3 is 3.00 bits per heavy atom. The van der Waals surface area contributed by atoms with E-state index in [9.17, 15) is 4.79 Å². The number of aliphatic hydroxyl groups excluding tert-OH is 1. The number of rotatable bonds is 3. The Bertz CT molecular complexity index is 165. The summed E-state index contributed by atoms with van der Waals surface area (Å²) in [7, 11) is 0. The molecule has 0 aromatic carbocycles. The first-order valence-corrected chi connectivity index (χ1v) is 4.89. The number of carbonyl (C=O) groups is 1. The Kier molecular flexibility index (Phi) is 4.18. The molecule has 1 aliphatic rings. The third-order valence-corrected chi connectivity index (χ3v) is 2.20. The minimum Gasteiger partial charge on any atom is -0.392 e. The molecule has 0 aliphatic carbocycles. The van der Waals surface area contributed by atoms with Crippen LogP contribution >= 0.6 is 0 Å². The summed E-state index contributed by atoms with van der Waals surface area (Å²) >= 11 is 0. The predicted octanol–water partition coefficient (Wildman–Crippen LogP) is -0.374. The normalized spacial score (nSPS) is 25.2. The maximum absolute atomic E-state index is 11.4. The summed E-state index contributed by atoms with van der Waals surface area (Å²) in [5, 5.41) is 14.8. The zero-order valence-corrected chi connectivity index (χ0v) is 8.05. The number of aliphatic hydroxyl groups is 1. The molecule has 0 radical (unpaired) electrons. The van der Waals surface area contributed by atoms with E-state index in [1.807, 2.05) is 0 Å². The quantitative estimate of drug-likeness (QED) is 0.563. The first-order chi connectivity index (χ1) is 6.20. The van der Waals surface area contributed by atoms with Gasteiger partial charge in [0.15, 0.2) is 0 Å². The molecule has 1 aliphatic heterocycles. The summed E-state index contributed by atoms with van der Waals surface area (Å²) in [4.78, 5) is 11.4. The summed E-state index contributed by atoms with van der Waals surface area (Å²) in [6.45, 7) is 2.93. The van der Waals surface area contributed by atoms with Crippen LogP contribution in [0.5, 0.6) is 0 Å². The smallest absolute Gasteiger partial charge is 0.237 e. The van der Waals surface area contributed by atoms with Gasteiger partial charge in [-0.1, -0.05) is 6.42 Å². The molecule has 1 saturated heterocycles. The molecule has 4 heteroatoms. The van der Waals surface area contributed by atoms with Gasteiger partial charge in [0, 0.05) is 6.54 Å². The van der Waals surface area contributed by atoms with Crippen molar-refractivity contribution in [2.24, 2.45) is 0 Å². The number of carbonyl (C=O) groups excluding carboxylic acids is 1. The molecule has 0 bridgehead atoms. The SMILES string of the molecule is C[C@H](O)CNC(=O)[C@H]1CCCCN1. The first-order valence-electron chi connectivity index (χ1n) is 4.89. The zero-order chi connectivity index (χ0) is 9.68. The van der Waals surface area contributed by atoms with Crippen LogP contribution in [0.15, 0.2) is 0 Å². The summed E-state index contributed by atoms with van der Waals surface area (Å²) in [6.07, 6.45) is 2.71. The van der Waals surface area contributed by atoms with Gasteiger partial charge in [-0.05, 0) is 26.3 Å². The Labute approximate surface area is 78.7 Å². The number of piperidine rings is 1. The molecule has 0 aromatic heterocycles. The van der Waals surface area contributed by atoms with Crippen molar-refractivity contribution in [3.8, 4) is 0 Å². The Balaban J connectivity index is 2.21. The van der Waals surface area contributed by atoms with E-state index in [4.69, 9.17) is 5.11 Å². The Morgan fingerprint density at radius 2 is 2.46 bits per heavy atom. The van der Waals surface area contributed by atoms with Gasteiger partial charge in [-0.15, -0.1) is 0 Å². The number of hydrogen-bond acceptors (Lipinski definition) is 3. The van der Waals surface area contributed by atoms with E-state index < -0.39 is 6.10 Å². The fourth-order valence-electron chi connectivity index (χ4n) is 1.45. The van der Waals surface area contributed by atoms with Crippen molar-refractivity contribution in [2.75, 3.05) is 13.1 Å². The standard InChI is InChI=1S/C9H18N2O2/c1-7(12)6-11-9(13)8-4-2-3-5-10-8/h7-8,10,12H,2-6H2,1H3,(H,11,13)/t7-,8+/m0/s1. The van der Waals surface area contributed by atoms with Gasteiger partial charge in [-0.3, -0.25) is 4.79 Å². The molecule has 13 heavy (non-hydrogen) atoms. The number of amides is 1. The largest absolute Gasteiger partial charge is 0.392 e. The van der Waals surface area contributed by atoms with Crippen LogP contribution in [0.3, 0.4) is 0 Å². The maximum atomic E-state index is 11.4. The molecule has 4 nitrogen and oxygen atoms in total. The lowest BCUT2D eigenvalue weighted by Gasteiger charge is -2.22. The third kappa shape index (κ3) is 3.74. The topological polar surface area (TPSA) is 61.4 Å². The summed E-state index contributed by atoms with van der Waals surface area (Å²) in [5.41, 5.74) is 0. The van der Waals surface area contributed by atoms with E-state index in [-0.39, 0.29) is 11.9 Å². The van der Waals surface area contributed by atoms with Crippen LogP contribution in [0.4, 0.5) is 0 Å². The van der Waals surface area contributed by atoms with Crippen molar-refractivity contribution in [3.05, 3.63) is 0 Å². The minimum absolute atomic E-state index is 0.0144. The molecule has 3 N–H and O–H groups in total. The highest BCUT2D eigenvalue weighted by molar-refractivity contribution is 5.81. The monoisotopic (exact) mass is 186 g/mol. The van der Waals surface area contributed by atoms with Crippen molar-refractivity contribution >= 4 is 5.91 Å². The second-order valence-electron chi connectivity index (χ2n) is 3.60. The summed E-state index contributed by atoms with van der Waals surface area (Å²) in [6, 6.07) is -0.0486. The number of nitrogens with one attached hydrogen (secondary N) is 2. The molecule has 0 saturated carbocycles. The van der Waals surface area contributed by atoms with E-state index in [1.165, 1.54) is 0 Å². The molecule has 76 valence electrons. The molecule has 2 atom stereocenters. The number of hydrogen-bond donors (Lipinski definition) is 3. The van der Waals surface area contributed by atoms with Crippen molar-refractivity contribution in [2.45, 2.75) is 38.3 Å². The van der Waals surface area contributed by atoms with Crippen molar-refractivity contribution in [1.29, 1.82) is 0 Å². The highest BCUT2D eigenvalue weighted by Crippen LogP contribution is 2.06. The Hall–Kier alpha value is -0.610. The highest BCUT2D eigenvalue weighted by Gasteiger charge is 2.19. The van der Waals surface area contributed by atoms with E-state index in [1.54, 1.807) is 6.92 Å². The highest BCUT2D eigenvalue weighted by atomic mass is 16.3. The molecule has 1 heterocycles. The van der Waals surface area contributed by atoms with Gasteiger partial charge in [0.1, 0.15) is 0 Å². The molecule has 1 fully saturated rings. The zero-order valence-electron chi connectivity index (χ0n) is 8.05. The molecule has 0 unspecified atom stereocenters. The van der Waals surface area contributed by atoms with Crippen LogP contribution in [0.2, 0.25) is 0 Å². The van der Waals surface area contributed by atoms with E-state index in [0.29, 0.717) is 6.54 Å². The molecule has 0 aromatic rings. The lowest BCUT2D eigenvalue weighted by atomic mass is 10.0. The van der Waals surface area contributed by atoms with E-state index >= 15 is 0 Å². The second-order valence-corrected chi connectivity index (χ2v) is 3.60. The average Bonchev–Trinajstić information content (AvgIpc) is 2.15. The van der Waals surface area contributed by atoms with Gasteiger partial charge in [0.2, 0.25) is 5.91 Å². The first kappa shape index (κ1) is 10.5. The lowest BCUT2D eigenvalue weighted by Crippen LogP contribution is -2.47. The van der Waals surface area contributed by atoms with Crippen molar-refractivity contribution in [1.82, 2.24) is 10.6 Å². The van der Waals surface area contributed by atoms with Gasteiger partial charge in [0.05, 0.1) is 12.1 Å². The fraction of sp³-hybridized carbons (Fsp3) is 0.889. The van der Waals surface area contributed by atoms with E-state index in [0.717, 1.165) is 25.8 Å². The van der Waals surface area contributed by atoms with Crippen LogP contribution in [0.1, 0.15) is 26.2 Å². The second kappa shape index (κ2) is 5.19. The maximum Gasteiger partial charge on any atom is 0.237 e. The van der Waals surface area contributed by atoms with Gasteiger partial charge >= 0.3 is 0 Å². The van der Waals surface area contributed by atoms with Gasteiger partial charge < -0.3 is 15.7 Å². The molecule has 0 spiro atoms. The van der Waals surface area contributed by atoms with Crippen LogP contribution in [0.25, 0.3) is 0 Å². The fourth-order valence-corrected chi connectivity index (χ4v) is 1.45. The van der Waals surface area contributed by atoms with Crippen LogP contribution in [0, 0.1) is 0 Å². The molecular formula is C9H18N2O2. The van der Waals surface area contributed by atoms with Crippen LogP contribution in [-0.4, -0.2) is 36.2 Å². The average molecular weight is 186 g/mol. The third-order valence-electron chi connectivity index (χ3n) is 2.20. The lowest BCUT2D eigenvalue weighted by molar-refractivity contribution is -0.124. The van der Waals surface area contributed by atoms with Crippen LogP contribution < -0.4 is 10.6 Å². The minimum atomic E-state index is -0.465. The van der Waals surface area contributed by atoms with E-state index in [2.05, 4.69) is 10.6 Å². The molecular weight excluding hydrogens is 168 g/mol. The Morgan fingerprint density at radius 1 is 1.69 bits per heavy atom. The van der Waals surface area contributed by atoms with Gasteiger partial charge in [-0.2, -0.15) is 0 Å².